The highest BCUT2D eigenvalue weighted by Crippen LogP contribution is 2.34. The fraction of sp³-hybridized carbons (Fsp3) is 0.611. The number of hydrogen-bond acceptors (Lipinski definition) is 3. The van der Waals surface area contributed by atoms with Gasteiger partial charge in [-0.2, -0.15) is 0 Å². The molecule has 2 aliphatic rings. The largest absolute Gasteiger partial charge is 0.391 e. The number of anilines is 1. The van der Waals surface area contributed by atoms with E-state index in [1.807, 2.05) is 24.3 Å². The SMILES string of the molecule is CC(CC1CC1)Nc1cccc(C(=O)N2CCCC(O)C2)c1. The smallest absolute Gasteiger partial charge is 0.254 e. The molecule has 3 rings (SSSR count). The van der Waals surface area contributed by atoms with Gasteiger partial charge in [0.1, 0.15) is 0 Å². The number of hydrogen-bond donors (Lipinski definition) is 2. The first-order chi connectivity index (χ1) is 10.6. The van der Waals surface area contributed by atoms with E-state index < -0.39 is 0 Å². The second kappa shape index (κ2) is 6.69. The maximum atomic E-state index is 12.6. The van der Waals surface area contributed by atoms with Crippen LogP contribution in [0.2, 0.25) is 0 Å². The van der Waals surface area contributed by atoms with E-state index in [4.69, 9.17) is 0 Å². The molecule has 1 amide bonds. The number of rotatable bonds is 5. The molecule has 1 aromatic rings. The summed E-state index contributed by atoms with van der Waals surface area (Å²) in [5.74, 6) is 0.916. The molecule has 2 N–H and O–H groups in total. The molecule has 2 unspecified atom stereocenters. The molecule has 1 aromatic carbocycles. The lowest BCUT2D eigenvalue weighted by atomic mass is 10.1. The molecule has 1 aliphatic carbocycles. The quantitative estimate of drug-likeness (QED) is 0.879. The Balaban J connectivity index is 1.63. The second-order valence-corrected chi connectivity index (χ2v) is 6.85. The minimum absolute atomic E-state index is 0.0252. The zero-order valence-corrected chi connectivity index (χ0v) is 13.3. The van der Waals surface area contributed by atoms with Gasteiger partial charge in [0.05, 0.1) is 6.10 Å². The van der Waals surface area contributed by atoms with Crippen molar-refractivity contribution < 1.29 is 9.90 Å². The highest BCUT2D eigenvalue weighted by molar-refractivity contribution is 5.95. The Morgan fingerprint density at radius 3 is 2.95 bits per heavy atom. The van der Waals surface area contributed by atoms with Crippen molar-refractivity contribution >= 4 is 11.6 Å². The van der Waals surface area contributed by atoms with Crippen molar-refractivity contribution in [2.45, 2.75) is 51.2 Å². The van der Waals surface area contributed by atoms with Crippen molar-refractivity contribution in [3.05, 3.63) is 29.8 Å². The first-order valence-corrected chi connectivity index (χ1v) is 8.46. The topological polar surface area (TPSA) is 52.6 Å². The van der Waals surface area contributed by atoms with Gasteiger partial charge in [-0.1, -0.05) is 18.9 Å². The number of benzene rings is 1. The van der Waals surface area contributed by atoms with Crippen LogP contribution >= 0.6 is 0 Å². The molecule has 2 atom stereocenters. The summed E-state index contributed by atoms with van der Waals surface area (Å²) in [7, 11) is 0. The molecule has 22 heavy (non-hydrogen) atoms. The monoisotopic (exact) mass is 302 g/mol. The van der Waals surface area contributed by atoms with E-state index in [0.717, 1.165) is 31.0 Å². The minimum Gasteiger partial charge on any atom is -0.391 e. The molecule has 0 aromatic heterocycles. The van der Waals surface area contributed by atoms with Crippen LogP contribution in [0, 0.1) is 5.92 Å². The average Bonchev–Trinajstić information content (AvgIpc) is 3.30. The van der Waals surface area contributed by atoms with Gasteiger partial charge < -0.3 is 15.3 Å². The number of nitrogens with zero attached hydrogens (tertiary/aromatic N) is 1. The van der Waals surface area contributed by atoms with Gasteiger partial charge in [0.15, 0.2) is 0 Å². The van der Waals surface area contributed by atoms with Gasteiger partial charge >= 0.3 is 0 Å². The lowest BCUT2D eigenvalue weighted by Crippen LogP contribution is -2.42. The zero-order valence-electron chi connectivity index (χ0n) is 13.3. The molecule has 2 fully saturated rings. The molecule has 1 heterocycles. The van der Waals surface area contributed by atoms with E-state index >= 15 is 0 Å². The van der Waals surface area contributed by atoms with Crippen LogP contribution in [0.15, 0.2) is 24.3 Å². The van der Waals surface area contributed by atoms with Crippen LogP contribution in [-0.2, 0) is 0 Å². The first kappa shape index (κ1) is 15.3. The number of β-amino-alcohol motifs (C(OH)–C–C–N with tert-alkyl or cyclic N) is 1. The fourth-order valence-corrected chi connectivity index (χ4v) is 3.26. The van der Waals surface area contributed by atoms with Crippen LogP contribution in [0.1, 0.15) is 49.4 Å². The summed E-state index contributed by atoms with van der Waals surface area (Å²) < 4.78 is 0. The Morgan fingerprint density at radius 2 is 2.23 bits per heavy atom. The zero-order chi connectivity index (χ0) is 15.5. The van der Waals surface area contributed by atoms with Gasteiger partial charge in [0.25, 0.3) is 5.91 Å². The van der Waals surface area contributed by atoms with Crippen LogP contribution in [0.25, 0.3) is 0 Å². The molecule has 1 saturated heterocycles. The lowest BCUT2D eigenvalue weighted by molar-refractivity contribution is 0.0474. The van der Waals surface area contributed by atoms with E-state index in [0.29, 0.717) is 18.2 Å². The Hall–Kier alpha value is -1.55. The number of amides is 1. The van der Waals surface area contributed by atoms with Crippen LogP contribution < -0.4 is 5.32 Å². The molecule has 0 radical (unpaired) electrons. The van der Waals surface area contributed by atoms with Gasteiger partial charge in [-0.25, -0.2) is 0 Å². The second-order valence-electron chi connectivity index (χ2n) is 6.85. The fourth-order valence-electron chi connectivity index (χ4n) is 3.26. The summed E-state index contributed by atoms with van der Waals surface area (Å²) in [5, 5.41) is 13.2. The Bertz CT molecular complexity index is 528. The maximum Gasteiger partial charge on any atom is 0.254 e. The first-order valence-electron chi connectivity index (χ1n) is 8.46. The van der Waals surface area contributed by atoms with Gasteiger partial charge in [-0.05, 0) is 50.3 Å². The van der Waals surface area contributed by atoms with Gasteiger partial charge in [-0.3, -0.25) is 4.79 Å². The van der Waals surface area contributed by atoms with E-state index in [-0.39, 0.29) is 12.0 Å². The summed E-state index contributed by atoms with van der Waals surface area (Å²) in [6.07, 6.45) is 5.23. The number of piperidine rings is 1. The normalized spacial score (nSPS) is 23.2. The van der Waals surface area contributed by atoms with Crippen molar-refractivity contribution in [2.75, 3.05) is 18.4 Å². The summed E-state index contributed by atoms with van der Waals surface area (Å²) in [6.45, 7) is 3.40. The summed E-state index contributed by atoms with van der Waals surface area (Å²) in [4.78, 5) is 14.3. The Morgan fingerprint density at radius 1 is 1.41 bits per heavy atom. The molecular weight excluding hydrogens is 276 g/mol. The number of carbonyl (C=O) groups excluding carboxylic acids is 1. The molecule has 0 spiro atoms. The number of carbonyl (C=O) groups is 1. The molecule has 1 aliphatic heterocycles. The maximum absolute atomic E-state index is 12.6. The van der Waals surface area contributed by atoms with Gasteiger partial charge in [0, 0.05) is 30.4 Å². The highest BCUT2D eigenvalue weighted by atomic mass is 16.3. The van der Waals surface area contributed by atoms with Crippen LogP contribution in [-0.4, -0.2) is 41.1 Å². The molecule has 0 bridgehead atoms. The van der Waals surface area contributed by atoms with Gasteiger partial charge in [0.2, 0.25) is 0 Å². The third-order valence-electron chi connectivity index (χ3n) is 4.59. The van der Waals surface area contributed by atoms with E-state index in [1.165, 1.54) is 19.3 Å². The molecule has 1 saturated carbocycles. The van der Waals surface area contributed by atoms with E-state index in [2.05, 4.69) is 12.2 Å². The van der Waals surface area contributed by atoms with Crippen LogP contribution in [0.3, 0.4) is 0 Å². The number of likely N-dealkylation sites (tertiary alicyclic amines) is 1. The molecule has 4 nitrogen and oxygen atoms in total. The third kappa shape index (κ3) is 4.01. The average molecular weight is 302 g/mol. The van der Waals surface area contributed by atoms with Crippen molar-refractivity contribution in [1.29, 1.82) is 0 Å². The standard InChI is InChI=1S/C18H26N2O2/c1-13(10-14-7-8-14)19-16-5-2-4-15(11-16)18(22)20-9-3-6-17(21)12-20/h2,4-5,11,13-14,17,19,21H,3,6-10,12H2,1H3. The van der Waals surface area contributed by atoms with Crippen molar-refractivity contribution in [3.63, 3.8) is 0 Å². The van der Waals surface area contributed by atoms with Crippen molar-refractivity contribution in [2.24, 2.45) is 5.92 Å². The van der Waals surface area contributed by atoms with Gasteiger partial charge in [-0.15, -0.1) is 0 Å². The number of aliphatic hydroxyl groups is 1. The van der Waals surface area contributed by atoms with Crippen molar-refractivity contribution in [1.82, 2.24) is 4.90 Å². The number of nitrogens with one attached hydrogen (secondary N) is 1. The van der Waals surface area contributed by atoms with E-state index in [1.54, 1.807) is 4.90 Å². The summed E-state index contributed by atoms with van der Waals surface area (Å²) in [6, 6.07) is 8.19. The predicted octanol–water partition coefficient (Wildman–Crippen LogP) is 2.88. The van der Waals surface area contributed by atoms with Crippen LogP contribution in [0.5, 0.6) is 0 Å². The predicted molar refractivity (Wildman–Crippen MR) is 88.0 cm³/mol. The van der Waals surface area contributed by atoms with Crippen LogP contribution in [0.4, 0.5) is 5.69 Å². The molecule has 4 heteroatoms. The minimum atomic E-state index is -0.377. The Kier molecular flexibility index (Phi) is 4.67. The van der Waals surface area contributed by atoms with Crippen molar-refractivity contribution in [3.8, 4) is 0 Å². The molecular formula is C18H26N2O2. The highest BCUT2D eigenvalue weighted by Gasteiger charge is 2.24. The third-order valence-corrected chi connectivity index (χ3v) is 4.59. The molecule has 120 valence electrons. The number of aliphatic hydroxyl groups excluding tert-OH is 1. The summed E-state index contributed by atoms with van der Waals surface area (Å²) in [5.41, 5.74) is 1.72. The Labute approximate surface area is 132 Å². The lowest BCUT2D eigenvalue weighted by Gasteiger charge is -2.30. The van der Waals surface area contributed by atoms with E-state index in [9.17, 15) is 9.90 Å². The summed E-state index contributed by atoms with van der Waals surface area (Å²) >= 11 is 0.